The molecule has 0 radical (unpaired) electrons. The maximum absolute atomic E-state index is 12.2. The highest BCUT2D eigenvalue weighted by Gasteiger charge is 2.32. The molecule has 0 fully saturated rings. The fourth-order valence-electron chi connectivity index (χ4n) is 3.57. The van der Waals surface area contributed by atoms with Gasteiger partial charge in [-0.15, -0.1) is 0 Å². The number of aromatic amines is 1. The third kappa shape index (κ3) is 2.32. The van der Waals surface area contributed by atoms with Gasteiger partial charge in [0.15, 0.2) is 0 Å². The van der Waals surface area contributed by atoms with Crippen LogP contribution in [0, 0.1) is 0 Å². The first kappa shape index (κ1) is 14.3. The van der Waals surface area contributed by atoms with Gasteiger partial charge in [-0.1, -0.05) is 41.9 Å². The van der Waals surface area contributed by atoms with Crippen LogP contribution in [0.2, 0.25) is 5.02 Å². The molecule has 2 aromatic carbocycles. The van der Waals surface area contributed by atoms with E-state index in [0.29, 0.717) is 5.02 Å². The van der Waals surface area contributed by atoms with E-state index in [-0.39, 0.29) is 11.9 Å². The van der Waals surface area contributed by atoms with Crippen molar-refractivity contribution in [3.63, 3.8) is 0 Å². The standard InChI is InChI=1S/C19H17ClN2O/c1-12(23)22-11-10-16-15-4-2-3-5-17(15)21-18(16)19(22)13-6-8-14(20)9-7-13/h2-9,19,21H,10-11H2,1H3/t19-/m0/s1. The van der Waals surface area contributed by atoms with Crippen LogP contribution >= 0.6 is 11.6 Å². The third-order valence-corrected chi connectivity index (χ3v) is 4.88. The zero-order valence-corrected chi connectivity index (χ0v) is 13.6. The van der Waals surface area contributed by atoms with Crippen LogP contribution in [-0.4, -0.2) is 22.3 Å². The fraction of sp³-hybridized carbons (Fsp3) is 0.211. The summed E-state index contributed by atoms with van der Waals surface area (Å²) in [5.74, 6) is 0.0919. The Bertz CT molecular complexity index is 882. The molecule has 1 aromatic heterocycles. The van der Waals surface area contributed by atoms with Crippen LogP contribution in [0.3, 0.4) is 0 Å². The minimum absolute atomic E-state index is 0.0825. The van der Waals surface area contributed by atoms with Gasteiger partial charge in [-0.05, 0) is 35.7 Å². The maximum atomic E-state index is 12.2. The lowest BCUT2D eigenvalue weighted by Gasteiger charge is -2.35. The molecule has 3 nitrogen and oxygen atoms in total. The number of H-pyrrole nitrogens is 1. The van der Waals surface area contributed by atoms with Crippen LogP contribution in [0.4, 0.5) is 0 Å². The summed E-state index contributed by atoms with van der Waals surface area (Å²) in [6.45, 7) is 2.37. The number of aromatic nitrogens is 1. The first-order chi connectivity index (χ1) is 11.1. The number of hydrogen-bond acceptors (Lipinski definition) is 1. The molecule has 1 N–H and O–H groups in total. The minimum Gasteiger partial charge on any atom is -0.356 e. The molecular weight excluding hydrogens is 308 g/mol. The minimum atomic E-state index is -0.0825. The molecule has 1 amide bonds. The number of carbonyl (C=O) groups excluding carboxylic acids is 1. The van der Waals surface area contributed by atoms with Crippen LogP contribution in [0.15, 0.2) is 48.5 Å². The Kier molecular flexibility index (Phi) is 3.38. The van der Waals surface area contributed by atoms with Gasteiger partial charge in [-0.3, -0.25) is 4.79 Å². The number of nitrogens with zero attached hydrogens (tertiary/aromatic N) is 1. The van der Waals surface area contributed by atoms with Gasteiger partial charge in [0.05, 0.1) is 6.04 Å². The fourth-order valence-corrected chi connectivity index (χ4v) is 3.70. The number of hydrogen-bond donors (Lipinski definition) is 1. The molecular formula is C19H17ClN2O. The second kappa shape index (κ2) is 5.43. The third-order valence-electron chi connectivity index (χ3n) is 4.62. The monoisotopic (exact) mass is 324 g/mol. The lowest BCUT2D eigenvalue weighted by atomic mass is 9.92. The van der Waals surface area contributed by atoms with Gasteiger partial charge in [-0.2, -0.15) is 0 Å². The number of fused-ring (bicyclic) bond motifs is 3. The van der Waals surface area contributed by atoms with Crippen molar-refractivity contribution in [3.05, 3.63) is 70.4 Å². The van der Waals surface area contributed by atoms with Gasteiger partial charge in [0, 0.05) is 35.1 Å². The maximum Gasteiger partial charge on any atom is 0.220 e. The zero-order valence-electron chi connectivity index (χ0n) is 12.8. The molecule has 0 bridgehead atoms. The number of benzene rings is 2. The molecule has 0 unspecified atom stereocenters. The highest BCUT2D eigenvalue weighted by Crippen LogP contribution is 2.38. The van der Waals surface area contributed by atoms with Crippen molar-refractivity contribution in [1.82, 2.24) is 9.88 Å². The molecule has 4 heteroatoms. The molecule has 2 heterocycles. The zero-order chi connectivity index (χ0) is 16.0. The Morgan fingerprint density at radius 3 is 2.65 bits per heavy atom. The van der Waals surface area contributed by atoms with E-state index in [1.54, 1.807) is 6.92 Å². The first-order valence-corrected chi connectivity index (χ1v) is 8.15. The topological polar surface area (TPSA) is 36.1 Å². The molecule has 1 aliphatic heterocycles. The molecule has 4 rings (SSSR count). The molecule has 0 saturated heterocycles. The summed E-state index contributed by atoms with van der Waals surface area (Å²) in [6.07, 6.45) is 0.878. The van der Waals surface area contributed by atoms with Crippen LogP contribution in [0.5, 0.6) is 0 Å². The quantitative estimate of drug-likeness (QED) is 0.711. The van der Waals surface area contributed by atoms with E-state index < -0.39 is 0 Å². The van der Waals surface area contributed by atoms with E-state index in [1.807, 2.05) is 35.2 Å². The Labute approximate surface area is 139 Å². The van der Waals surface area contributed by atoms with Crippen molar-refractivity contribution in [2.45, 2.75) is 19.4 Å². The van der Waals surface area contributed by atoms with E-state index in [0.717, 1.165) is 29.7 Å². The normalized spacial score (nSPS) is 17.3. The van der Waals surface area contributed by atoms with Crippen LogP contribution in [0.25, 0.3) is 10.9 Å². The lowest BCUT2D eigenvalue weighted by Crippen LogP contribution is -2.39. The van der Waals surface area contributed by atoms with Gasteiger partial charge in [0.1, 0.15) is 0 Å². The number of rotatable bonds is 1. The van der Waals surface area contributed by atoms with Gasteiger partial charge in [0.25, 0.3) is 0 Å². The van der Waals surface area contributed by atoms with Crippen molar-refractivity contribution < 1.29 is 4.79 Å². The SMILES string of the molecule is CC(=O)N1CCc2c([nH]c3ccccc23)[C@@H]1c1ccc(Cl)cc1. The average molecular weight is 325 g/mol. The summed E-state index contributed by atoms with van der Waals surface area (Å²) in [6, 6.07) is 16.0. The van der Waals surface area contributed by atoms with Gasteiger partial charge in [0.2, 0.25) is 5.91 Å². The highest BCUT2D eigenvalue weighted by molar-refractivity contribution is 6.30. The second-order valence-electron chi connectivity index (χ2n) is 5.98. The summed E-state index contributed by atoms with van der Waals surface area (Å²) >= 11 is 6.03. The van der Waals surface area contributed by atoms with E-state index in [9.17, 15) is 4.79 Å². The van der Waals surface area contributed by atoms with Crippen molar-refractivity contribution in [3.8, 4) is 0 Å². The Morgan fingerprint density at radius 2 is 1.91 bits per heavy atom. The van der Waals surface area contributed by atoms with Crippen LogP contribution in [-0.2, 0) is 11.2 Å². The summed E-state index contributed by atoms with van der Waals surface area (Å²) < 4.78 is 0. The van der Waals surface area contributed by atoms with E-state index >= 15 is 0 Å². The number of amides is 1. The molecule has 0 spiro atoms. The second-order valence-corrected chi connectivity index (χ2v) is 6.42. The van der Waals surface area contributed by atoms with Gasteiger partial charge >= 0.3 is 0 Å². The lowest BCUT2D eigenvalue weighted by molar-refractivity contribution is -0.130. The molecule has 1 aliphatic rings. The molecule has 3 aromatic rings. The summed E-state index contributed by atoms with van der Waals surface area (Å²) in [5.41, 5.74) is 4.65. The Morgan fingerprint density at radius 1 is 1.17 bits per heavy atom. The van der Waals surface area contributed by atoms with E-state index in [1.165, 1.54) is 10.9 Å². The van der Waals surface area contributed by atoms with E-state index in [4.69, 9.17) is 11.6 Å². The first-order valence-electron chi connectivity index (χ1n) is 7.77. The summed E-state index contributed by atoms with van der Waals surface area (Å²) in [7, 11) is 0. The Balaban J connectivity index is 1.92. The number of para-hydroxylation sites is 1. The van der Waals surface area contributed by atoms with E-state index in [2.05, 4.69) is 23.2 Å². The highest BCUT2D eigenvalue weighted by atomic mass is 35.5. The number of nitrogens with one attached hydrogen (secondary N) is 1. The number of carbonyl (C=O) groups is 1. The predicted octanol–water partition coefficient (Wildman–Crippen LogP) is 4.32. The molecule has 1 atom stereocenters. The molecule has 116 valence electrons. The smallest absolute Gasteiger partial charge is 0.220 e. The van der Waals surface area contributed by atoms with Gasteiger partial charge in [-0.25, -0.2) is 0 Å². The average Bonchev–Trinajstić information content (AvgIpc) is 2.93. The largest absolute Gasteiger partial charge is 0.356 e. The van der Waals surface area contributed by atoms with Crippen molar-refractivity contribution >= 4 is 28.4 Å². The van der Waals surface area contributed by atoms with Crippen molar-refractivity contribution in [2.24, 2.45) is 0 Å². The predicted molar refractivity (Wildman–Crippen MR) is 92.7 cm³/mol. The summed E-state index contributed by atoms with van der Waals surface area (Å²) in [4.78, 5) is 17.6. The van der Waals surface area contributed by atoms with Crippen molar-refractivity contribution in [2.75, 3.05) is 6.54 Å². The van der Waals surface area contributed by atoms with Crippen molar-refractivity contribution in [1.29, 1.82) is 0 Å². The summed E-state index contributed by atoms with van der Waals surface area (Å²) in [5, 5.41) is 1.96. The van der Waals surface area contributed by atoms with Gasteiger partial charge < -0.3 is 9.88 Å². The van der Waals surface area contributed by atoms with Crippen LogP contribution in [0.1, 0.15) is 29.8 Å². The van der Waals surface area contributed by atoms with Crippen LogP contribution < -0.4 is 0 Å². The Hall–Kier alpha value is -2.26. The molecule has 23 heavy (non-hydrogen) atoms. The molecule has 0 saturated carbocycles. The molecule has 0 aliphatic carbocycles. The number of halogens is 1.